The molecule has 2 aliphatic rings. The predicted octanol–water partition coefficient (Wildman–Crippen LogP) is 4.15. The first-order valence-electron chi connectivity index (χ1n) is 6.33. The van der Waals surface area contributed by atoms with Crippen molar-refractivity contribution in [2.24, 2.45) is 0 Å². The third-order valence-corrected chi connectivity index (χ3v) is 5.04. The van der Waals surface area contributed by atoms with E-state index in [4.69, 9.17) is 4.74 Å². The van der Waals surface area contributed by atoms with Crippen LogP contribution in [0.5, 0.6) is 5.75 Å². The molecule has 0 amide bonds. The van der Waals surface area contributed by atoms with Crippen molar-refractivity contribution in [1.29, 1.82) is 0 Å². The van der Waals surface area contributed by atoms with Crippen molar-refractivity contribution in [1.82, 2.24) is 0 Å². The van der Waals surface area contributed by atoms with Crippen molar-refractivity contribution in [2.45, 2.75) is 29.6 Å². The van der Waals surface area contributed by atoms with E-state index < -0.39 is 0 Å². The van der Waals surface area contributed by atoms with Gasteiger partial charge in [-0.15, -0.1) is 11.8 Å². The summed E-state index contributed by atoms with van der Waals surface area (Å²) in [5.41, 5.74) is 4.13. The number of ether oxygens (including phenoxy) is 1. The standard InChI is InChI=1S/C16H14OS/c1-10-6-7-13-14(8-10)18-15-9-11-4-2-3-5-12(11)16(15)17-13/h2-8,15-16H,9H2,1H3/t15-,16+/m0/s1. The molecule has 0 unspecified atom stereocenters. The molecular weight excluding hydrogens is 240 g/mol. The summed E-state index contributed by atoms with van der Waals surface area (Å²) in [6.07, 6.45) is 1.36. The third kappa shape index (κ3) is 1.49. The minimum Gasteiger partial charge on any atom is -0.483 e. The Balaban J connectivity index is 1.77. The number of aryl methyl sites for hydroxylation is 1. The van der Waals surface area contributed by atoms with Crippen LogP contribution in [-0.4, -0.2) is 5.25 Å². The molecule has 18 heavy (non-hydrogen) atoms. The molecule has 90 valence electrons. The Morgan fingerprint density at radius 3 is 3.00 bits per heavy atom. The second-order valence-electron chi connectivity index (χ2n) is 5.05. The van der Waals surface area contributed by atoms with Gasteiger partial charge in [-0.3, -0.25) is 0 Å². The summed E-state index contributed by atoms with van der Waals surface area (Å²) in [5, 5.41) is 0.539. The molecule has 0 fully saturated rings. The molecule has 1 heterocycles. The third-order valence-electron chi connectivity index (χ3n) is 3.75. The highest BCUT2D eigenvalue weighted by atomic mass is 32.2. The molecular formula is C16H14OS. The summed E-state index contributed by atoms with van der Waals surface area (Å²) in [5.74, 6) is 1.04. The van der Waals surface area contributed by atoms with Crippen molar-refractivity contribution >= 4 is 11.8 Å². The Kier molecular flexibility index (Phi) is 2.21. The van der Waals surface area contributed by atoms with E-state index in [0.29, 0.717) is 5.25 Å². The van der Waals surface area contributed by atoms with Crippen LogP contribution in [0.1, 0.15) is 22.8 Å². The second kappa shape index (κ2) is 3.79. The average Bonchev–Trinajstić information content (AvgIpc) is 2.73. The van der Waals surface area contributed by atoms with Crippen molar-refractivity contribution in [3.05, 3.63) is 59.2 Å². The van der Waals surface area contributed by atoms with E-state index in [0.717, 1.165) is 12.2 Å². The van der Waals surface area contributed by atoms with Crippen molar-refractivity contribution in [2.75, 3.05) is 0 Å². The Hall–Kier alpha value is -1.41. The fourth-order valence-electron chi connectivity index (χ4n) is 2.87. The summed E-state index contributed by atoms with van der Waals surface area (Å²) in [7, 11) is 0. The topological polar surface area (TPSA) is 9.23 Å². The Bertz CT molecular complexity index is 620. The van der Waals surface area contributed by atoms with E-state index in [1.165, 1.54) is 21.6 Å². The maximum Gasteiger partial charge on any atom is 0.137 e. The molecule has 0 radical (unpaired) electrons. The Morgan fingerprint density at radius 1 is 1.17 bits per heavy atom. The lowest BCUT2D eigenvalue weighted by molar-refractivity contribution is 0.201. The number of hydrogen-bond acceptors (Lipinski definition) is 2. The summed E-state index contributed by atoms with van der Waals surface area (Å²) in [6, 6.07) is 15.1. The van der Waals surface area contributed by atoms with Gasteiger partial charge in [-0.2, -0.15) is 0 Å². The van der Waals surface area contributed by atoms with Crippen LogP contribution in [0.2, 0.25) is 0 Å². The zero-order valence-corrected chi connectivity index (χ0v) is 11.0. The zero-order chi connectivity index (χ0) is 12.1. The van der Waals surface area contributed by atoms with Gasteiger partial charge in [-0.25, -0.2) is 0 Å². The molecule has 2 aromatic carbocycles. The molecule has 0 N–H and O–H groups in total. The highest BCUT2D eigenvalue weighted by Gasteiger charge is 2.38. The van der Waals surface area contributed by atoms with Crippen LogP contribution in [0.3, 0.4) is 0 Å². The van der Waals surface area contributed by atoms with Gasteiger partial charge in [0, 0.05) is 0 Å². The first kappa shape index (κ1) is 10.5. The van der Waals surface area contributed by atoms with Crippen LogP contribution in [0.4, 0.5) is 0 Å². The molecule has 0 saturated carbocycles. The van der Waals surface area contributed by atoms with E-state index in [1.807, 2.05) is 11.8 Å². The normalized spacial score (nSPS) is 23.8. The molecule has 0 spiro atoms. The van der Waals surface area contributed by atoms with Crippen LogP contribution < -0.4 is 4.74 Å². The molecule has 1 aliphatic heterocycles. The quantitative estimate of drug-likeness (QED) is 0.698. The minimum atomic E-state index is 0.237. The first-order valence-corrected chi connectivity index (χ1v) is 7.21. The van der Waals surface area contributed by atoms with Gasteiger partial charge >= 0.3 is 0 Å². The summed E-state index contributed by atoms with van der Waals surface area (Å²) >= 11 is 1.97. The van der Waals surface area contributed by atoms with Gasteiger partial charge in [0.15, 0.2) is 0 Å². The molecule has 1 nitrogen and oxygen atoms in total. The van der Waals surface area contributed by atoms with Gasteiger partial charge in [-0.1, -0.05) is 30.3 Å². The molecule has 2 heteroatoms. The number of thioether (sulfide) groups is 1. The van der Waals surface area contributed by atoms with Crippen LogP contribution in [0.25, 0.3) is 0 Å². The first-order chi connectivity index (χ1) is 8.81. The lowest BCUT2D eigenvalue weighted by atomic mass is 10.1. The van der Waals surface area contributed by atoms with Crippen molar-refractivity contribution in [3.8, 4) is 5.75 Å². The molecule has 2 aromatic rings. The molecule has 4 rings (SSSR count). The van der Waals surface area contributed by atoms with Gasteiger partial charge in [0.25, 0.3) is 0 Å². The number of benzene rings is 2. The number of hydrogen-bond donors (Lipinski definition) is 0. The van der Waals surface area contributed by atoms with E-state index >= 15 is 0 Å². The second-order valence-corrected chi connectivity index (χ2v) is 6.33. The van der Waals surface area contributed by atoms with Gasteiger partial charge in [0.05, 0.1) is 10.1 Å². The maximum atomic E-state index is 6.22. The summed E-state index contributed by atoms with van der Waals surface area (Å²) in [4.78, 5) is 1.30. The van der Waals surface area contributed by atoms with E-state index in [2.05, 4.69) is 49.4 Å². The average molecular weight is 254 g/mol. The van der Waals surface area contributed by atoms with Crippen molar-refractivity contribution in [3.63, 3.8) is 0 Å². The fourth-order valence-corrected chi connectivity index (χ4v) is 4.27. The maximum absolute atomic E-state index is 6.22. The molecule has 0 aromatic heterocycles. The zero-order valence-electron chi connectivity index (χ0n) is 10.2. The Morgan fingerprint density at radius 2 is 2.06 bits per heavy atom. The lowest BCUT2D eigenvalue weighted by Crippen LogP contribution is -2.20. The van der Waals surface area contributed by atoms with E-state index in [-0.39, 0.29) is 6.10 Å². The monoisotopic (exact) mass is 254 g/mol. The van der Waals surface area contributed by atoms with Crippen LogP contribution >= 0.6 is 11.8 Å². The number of rotatable bonds is 0. The van der Waals surface area contributed by atoms with Crippen LogP contribution in [0.15, 0.2) is 47.4 Å². The summed E-state index contributed by atoms with van der Waals surface area (Å²) < 4.78 is 6.22. The van der Waals surface area contributed by atoms with Gasteiger partial charge in [0.1, 0.15) is 11.9 Å². The largest absolute Gasteiger partial charge is 0.483 e. The minimum absolute atomic E-state index is 0.237. The van der Waals surface area contributed by atoms with Gasteiger partial charge in [0.2, 0.25) is 0 Å². The number of fused-ring (bicyclic) bond motifs is 4. The SMILES string of the molecule is Cc1ccc2c(c1)S[C@H]1Cc3ccccc3[C@H]1O2. The van der Waals surface area contributed by atoms with Gasteiger partial charge in [-0.05, 0) is 42.2 Å². The lowest BCUT2D eigenvalue weighted by Gasteiger charge is -2.29. The van der Waals surface area contributed by atoms with Crippen LogP contribution in [0, 0.1) is 6.92 Å². The fraction of sp³-hybridized carbons (Fsp3) is 0.250. The molecule has 2 atom stereocenters. The molecule has 0 saturated heterocycles. The Labute approximate surface area is 111 Å². The molecule has 0 bridgehead atoms. The highest BCUT2D eigenvalue weighted by Crippen LogP contribution is 2.50. The van der Waals surface area contributed by atoms with Crippen LogP contribution in [-0.2, 0) is 6.42 Å². The summed E-state index contributed by atoms with van der Waals surface area (Å²) in [6.45, 7) is 2.14. The predicted molar refractivity (Wildman–Crippen MR) is 74.3 cm³/mol. The van der Waals surface area contributed by atoms with Gasteiger partial charge < -0.3 is 4.74 Å². The van der Waals surface area contributed by atoms with Crippen molar-refractivity contribution < 1.29 is 4.74 Å². The molecule has 1 aliphatic carbocycles. The smallest absolute Gasteiger partial charge is 0.137 e. The highest BCUT2D eigenvalue weighted by molar-refractivity contribution is 8.00. The van der Waals surface area contributed by atoms with E-state index in [9.17, 15) is 0 Å². The van der Waals surface area contributed by atoms with E-state index in [1.54, 1.807) is 0 Å².